The van der Waals surface area contributed by atoms with Crippen LogP contribution in [-0.4, -0.2) is 57.4 Å². The number of hydrogen-bond acceptors (Lipinski definition) is 6. The molecule has 0 unspecified atom stereocenters. The Hall–Kier alpha value is -3.76. The van der Waals surface area contributed by atoms with Crippen molar-refractivity contribution in [3.8, 4) is 11.5 Å². The highest BCUT2D eigenvalue weighted by molar-refractivity contribution is 5.99. The van der Waals surface area contributed by atoms with Crippen molar-refractivity contribution >= 4 is 23.5 Å². The molecule has 1 N–H and O–H groups in total. The summed E-state index contributed by atoms with van der Waals surface area (Å²) in [5.41, 5.74) is 0.147. The van der Waals surface area contributed by atoms with Crippen LogP contribution in [0.25, 0.3) is 0 Å². The van der Waals surface area contributed by atoms with Gasteiger partial charge in [-0.25, -0.2) is 0 Å². The number of methoxy groups -OCH3 is 1. The van der Waals surface area contributed by atoms with Crippen LogP contribution >= 0.6 is 0 Å². The van der Waals surface area contributed by atoms with Gasteiger partial charge in [-0.05, 0) is 43.3 Å². The number of anilines is 1. The fourth-order valence-electron chi connectivity index (χ4n) is 2.72. The van der Waals surface area contributed by atoms with Crippen LogP contribution in [0.4, 0.5) is 18.9 Å². The van der Waals surface area contributed by atoms with Gasteiger partial charge in [0, 0.05) is 5.69 Å². The summed E-state index contributed by atoms with van der Waals surface area (Å²) in [4.78, 5) is 37.0. The van der Waals surface area contributed by atoms with Crippen molar-refractivity contribution in [2.75, 3.05) is 38.3 Å². The first-order valence-corrected chi connectivity index (χ1v) is 9.81. The molecule has 0 aliphatic heterocycles. The minimum atomic E-state index is -4.68. The van der Waals surface area contributed by atoms with E-state index in [1.165, 1.54) is 37.4 Å². The molecule has 0 bridgehead atoms. The van der Waals surface area contributed by atoms with E-state index in [4.69, 9.17) is 14.2 Å². The minimum absolute atomic E-state index is 0.0463. The number of alkyl halides is 3. The highest BCUT2D eigenvalue weighted by Gasteiger charge is 2.34. The van der Waals surface area contributed by atoms with Gasteiger partial charge in [0.1, 0.15) is 24.6 Å². The zero-order valence-electron chi connectivity index (χ0n) is 18.0. The van der Waals surface area contributed by atoms with Crippen molar-refractivity contribution in [2.24, 2.45) is 0 Å². The number of ether oxygens (including phenoxy) is 3. The van der Waals surface area contributed by atoms with Crippen LogP contribution in [0.1, 0.15) is 17.3 Å². The van der Waals surface area contributed by atoms with Crippen LogP contribution in [0.2, 0.25) is 0 Å². The molecule has 0 atom stereocenters. The largest absolute Gasteiger partial charge is 0.497 e. The quantitative estimate of drug-likeness (QED) is 0.539. The molecular formula is C22H23F3N2O6. The van der Waals surface area contributed by atoms with Crippen LogP contribution in [-0.2, 0) is 14.3 Å². The van der Waals surface area contributed by atoms with Crippen LogP contribution in [0.5, 0.6) is 11.5 Å². The first-order chi connectivity index (χ1) is 15.6. The van der Waals surface area contributed by atoms with Gasteiger partial charge in [-0.15, -0.1) is 0 Å². The zero-order valence-corrected chi connectivity index (χ0v) is 18.0. The van der Waals surface area contributed by atoms with E-state index < -0.39 is 43.7 Å². The predicted octanol–water partition coefficient (Wildman–Crippen LogP) is 2.96. The molecule has 0 aromatic heterocycles. The third-order valence-electron chi connectivity index (χ3n) is 4.20. The normalized spacial score (nSPS) is 10.8. The number of carbonyl (C=O) groups is 3. The molecule has 0 aliphatic rings. The van der Waals surface area contributed by atoms with E-state index in [0.717, 1.165) is 0 Å². The molecule has 0 spiro atoms. The summed E-state index contributed by atoms with van der Waals surface area (Å²) in [6, 6.07) is 11.7. The van der Waals surface area contributed by atoms with Crippen molar-refractivity contribution < 1.29 is 41.8 Å². The lowest BCUT2D eigenvalue weighted by Gasteiger charge is -2.24. The molecule has 0 radical (unpaired) electrons. The van der Waals surface area contributed by atoms with Gasteiger partial charge < -0.3 is 24.4 Å². The first-order valence-electron chi connectivity index (χ1n) is 9.81. The van der Waals surface area contributed by atoms with E-state index in [2.05, 4.69) is 5.32 Å². The molecule has 2 amide bonds. The maximum Gasteiger partial charge on any atom is 0.406 e. The number of amides is 2. The summed E-state index contributed by atoms with van der Waals surface area (Å²) in [6.45, 7) is -1.02. The average molecular weight is 468 g/mol. The average Bonchev–Trinajstić information content (AvgIpc) is 2.79. The monoisotopic (exact) mass is 468 g/mol. The highest BCUT2D eigenvalue weighted by Crippen LogP contribution is 2.24. The number of benzene rings is 2. The number of nitrogens with zero attached hydrogens (tertiary/aromatic N) is 1. The van der Waals surface area contributed by atoms with Gasteiger partial charge in [-0.3, -0.25) is 14.4 Å². The molecular weight excluding hydrogens is 445 g/mol. The maximum absolute atomic E-state index is 13.0. The van der Waals surface area contributed by atoms with E-state index in [-0.39, 0.29) is 11.3 Å². The summed E-state index contributed by atoms with van der Waals surface area (Å²) in [6.07, 6.45) is -4.68. The summed E-state index contributed by atoms with van der Waals surface area (Å²) in [7, 11) is 1.39. The second kappa shape index (κ2) is 11.7. The topological polar surface area (TPSA) is 94.2 Å². The number of esters is 1. The lowest BCUT2D eigenvalue weighted by Crippen LogP contribution is -2.42. The molecule has 8 nitrogen and oxygen atoms in total. The predicted molar refractivity (Wildman–Crippen MR) is 112 cm³/mol. The molecule has 0 fully saturated rings. The van der Waals surface area contributed by atoms with Gasteiger partial charge >= 0.3 is 12.1 Å². The van der Waals surface area contributed by atoms with E-state index in [1.807, 2.05) is 0 Å². The van der Waals surface area contributed by atoms with Crippen molar-refractivity contribution in [3.63, 3.8) is 0 Å². The Balaban J connectivity index is 1.96. The molecule has 2 aromatic rings. The van der Waals surface area contributed by atoms with Crippen LogP contribution in [0.3, 0.4) is 0 Å². The Morgan fingerprint density at radius 1 is 1.03 bits per heavy atom. The lowest BCUT2D eigenvalue weighted by atomic mass is 10.2. The van der Waals surface area contributed by atoms with E-state index in [1.54, 1.807) is 25.1 Å². The van der Waals surface area contributed by atoms with Gasteiger partial charge in [0.25, 0.3) is 11.8 Å². The smallest absolute Gasteiger partial charge is 0.406 e. The minimum Gasteiger partial charge on any atom is -0.497 e. The van der Waals surface area contributed by atoms with Crippen LogP contribution in [0, 0.1) is 0 Å². The van der Waals surface area contributed by atoms with Crippen molar-refractivity contribution in [1.82, 2.24) is 5.32 Å². The standard InChI is InChI=1S/C22H23F3N2O6/c1-3-32-18-7-5-4-6-17(18)21(30)26-12-20(29)33-13-19(28)27(14-22(23,24)25)15-8-10-16(31-2)11-9-15/h4-11H,3,12-14H2,1-2H3,(H,26,30). The molecule has 11 heteroatoms. The van der Waals surface area contributed by atoms with Gasteiger partial charge in [0.05, 0.1) is 19.3 Å². The number of nitrogens with one attached hydrogen (secondary N) is 1. The van der Waals surface area contributed by atoms with Crippen molar-refractivity contribution in [2.45, 2.75) is 13.1 Å². The number of carbonyl (C=O) groups excluding carboxylic acids is 3. The van der Waals surface area contributed by atoms with Gasteiger partial charge in [0.2, 0.25) is 0 Å². The van der Waals surface area contributed by atoms with Crippen LogP contribution < -0.4 is 19.7 Å². The van der Waals surface area contributed by atoms with Gasteiger partial charge in [0.15, 0.2) is 6.61 Å². The highest BCUT2D eigenvalue weighted by atomic mass is 19.4. The molecule has 33 heavy (non-hydrogen) atoms. The van der Waals surface area contributed by atoms with E-state index in [9.17, 15) is 27.6 Å². The first kappa shape index (κ1) is 25.5. The molecule has 2 aromatic carbocycles. The Bertz CT molecular complexity index is 963. The van der Waals surface area contributed by atoms with Crippen molar-refractivity contribution in [3.05, 3.63) is 54.1 Å². The third-order valence-corrected chi connectivity index (χ3v) is 4.20. The summed E-state index contributed by atoms with van der Waals surface area (Å²) in [5, 5.41) is 2.32. The fraction of sp³-hybridized carbons (Fsp3) is 0.318. The SMILES string of the molecule is CCOc1ccccc1C(=O)NCC(=O)OCC(=O)N(CC(F)(F)F)c1ccc(OC)cc1. The van der Waals surface area contributed by atoms with Gasteiger partial charge in [-0.2, -0.15) is 13.2 Å². The molecule has 0 heterocycles. The maximum atomic E-state index is 13.0. The third kappa shape index (κ3) is 8.02. The number of rotatable bonds is 10. The van der Waals surface area contributed by atoms with Crippen LogP contribution in [0.15, 0.2) is 48.5 Å². The van der Waals surface area contributed by atoms with E-state index in [0.29, 0.717) is 23.0 Å². The Morgan fingerprint density at radius 3 is 2.30 bits per heavy atom. The molecule has 0 aliphatic carbocycles. The molecule has 0 saturated carbocycles. The lowest BCUT2D eigenvalue weighted by molar-refractivity contribution is -0.148. The molecule has 0 saturated heterocycles. The molecule has 178 valence electrons. The zero-order chi connectivity index (χ0) is 24.4. The number of para-hydroxylation sites is 1. The second-order valence-corrected chi connectivity index (χ2v) is 6.57. The number of halogens is 3. The summed E-state index contributed by atoms with van der Waals surface area (Å²) < 4.78 is 54.0. The fourth-order valence-corrected chi connectivity index (χ4v) is 2.72. The number of hydrogen-bond donors (Lipinski definition) is 1. The van der Waals surface area contributed by atoms with Gasteiger partial charge in [-0.1, -0.05) is 12.1 Å². The van der Waals surface area contributed by atoms with E-state index >= 15 is 0 Å². The second-order valence-electron chi connectivity index (χ2n) is 6.57. The Labute approximate surface area is 188 Å². The van der Waals surface area contributed by atoms with Crippen molar-refractivity contribution in [1.29, 1.82) is 0 Å². The summed E-state index contributed by atoms with van der Waals surface area (Å²) >= 11 is 0. The Kier molecular flexibility index (Phi) is 9.08. The Morgan fingerprint density at radius 2 is 1.70 bits per heavy atom. The molecule has 2 rings (SSSR count). The summed E-state index contributed by atoms with van der Waals surface area (Å²) in [5.74, 6) is -1.97.